The van der Waals surface area contributed by atoms with Crippen LogP contribution in [0.1, 0.15) is 37.8 Å². The molecule has 3 rings (SSSR count). The Hall–Kier alpha value is -1.84. The number of nitrogens with zero attached hydrogens (tertiary/aromatic N) is 1. The summed E-state index contributed by atoms with van der Waals surface area (Å²) in [5.74, 6) is 0.0332. The van der Waals surface area contributed by atoms with E-state index in [1.54, 1.807) is 0 Å². The van der Waals surface area contributed by atoms with Crippen molar-refractivity contribution in [2.75, 3.05) is 0 Å². The summed E-state index contributed by atoms with van der Waals surface area (Å²) in [7, 11) is 0. The van der Waals surface area contributed by atoms with Crippen LogP contribution < -0.4 is 5.73 Å². The van der Waals surface area contributed by atoms with Gasteiger partial charge < -0.3 is 10.6 Å². The Labute approximate surface area is 150 Å². The lowest BCUT2D eigenvalue weighted by molar-refractivity contribution is -0.138. The molecule has 1 unspecified atom stereocenters. The minimum Gasteiger partial charge on any atom is -0.332 e. The van der Waals surface area contributed by atoms with Crippen molar-refractivity contribution < 1.29 is 4.79 Å². The van der Waals surface area contributed by atoms with Gasteiger partial charge in [0.05, 0.1) is 5.54 Å². The molecule has 1 amide bonds. The Morgan fingerprint density at radius 2 is 1.50 bits per heavy atom. The molecule has 0 saturated heterocycles. The topological polar surface area (TPSA) is 46.3 Å². The van der Waals surface area contributed by atoms with Crippen LogP contribution in [-0.4, -0.2) is 16.3 Å². The smallest absolute Gasteiger partial charge is 0.242 e. The van der Waals surface area contributed by atoms with E-state index in [0.717, 1.165) is 6.42 Å². The molecule has 24 heavy (non-hydrogen) atoms. The van der Waals surface area contributed by atoms with E-state index < -0.39 is 5.54 Å². The van der Waals surface area contributed by atoms with Crippen LogP contribution in [0, 0.1) is 0 Å². The molecule has 0 bridgehead atoms. The molecule has 1 heterocycles. The van der Waals surface area contributed by atoms with Crippen molar-refractivity contribution in [3.8, 4) is 11.1 Å². The van der Waals surface area contributed by atoms with E-state index in [1.165, 1.54) is 22.3 Å². The molecule has 2 N–H and O–H groups in total. The summed E-state index contributed by atoms with van der Waals surface area (Å²) in [5.41, 5.74) is 10.3. The van der Waals surface area contributed by atoms with Gasteiger partial charge in [-0.1, -0.05) is 61.9 Å². The number of hydrogen-bond acceptors (Lipinski definition) is 2. The minimum atomic E-state index is -0.803. The lowest BCUT2D eigenvalue weighted by Gasteiger charge is -2.31. The Kier molecular flexibility index (Phi) is 5.68. The van der Waals surface area contributed by atoms with Gasteiger partial charge in [-0.05, 0) is 35.6 Å². The molecule has 0 spiro atoms. The van der Waals surface area contributed by atoms with Crippen LogP contribution >= 0.6 is 12.4 Å². The Bertz CT molecular complexity index is 680. The van der Waals surface area contributed by atoms with E-state index >= 15 is 0 Å². The fourth-order valence-corrected chi connectivity index (χ4v) is 3.44. The van der Waals surface area contributed by atoms with Crippen LogP contribution in [0.25, 0.3) is 11.1 Å². The van der Waals surface area contributed by atoms with E-state index in [0.29, 0.717) is 19.5 Å². The first-order chi connectivity index (χ1) is 11.0. The van der Waals surface area contributed by atoms with Gasteiger partial charge in [-0.2, -0.15) is 0 Å². The van der Waals surface area contributed by atoms with Crippen LogP contribution in [0.5, 0.6) is 0 Å². The van der Waals surface area contributed by atoms with Gasteiger partial charge in [0, 0.05) is 13.1 Å². The van der Waals surface area contributed by atoms with Gasteiger partial charge in [0.1, 0.15) is 0 Å². The standard InChI is InChI=1S/C20H24N2O.ClH/c1-3-12-20(2,21)19(23)22-13-15-8-4-6-10-17(15)18-11-7-5-9-16(18)14-22;/h4-11H,3,12-14,21H2,1-2H3;1H. The van der Waals surface area contributed by atoms with Gasteiger partial charge in [0.25, 0.3) is 0 Å². The second-order valence-corrected chi connectivity index (χ2v) is 6.64. The summed E-state index contributed by atoms with van der Waals surface area (Å²) in [6.07, 6.45) is 1.60. The maximum atomic E-state index is 13.0. The lowest BCUT2D eigenvalue weighted by atomic mass is 9.95. The van der Waals surface area contributed by atoms with Crippen molar-refractivity contribution in [2.45, 2.75) is 45.3 Å². The molecule has 3 nitrogen and oxygen atoms in total. The van der Waals surface area contributed by atoms with Crippen molar-refractivity contribution in [1.82, 2.24) is 4.90 Å². The number of amides is 1. The Morgan fingerprint density at radius 1 is 1.04 bits per heavy atom. The number of carbonyl (C=O) groups excluding carboxylic acids is 1. The highest BCUT2D eigenvalue weighted by Crippen LogP contribution is 2.33. The quantitative estimate of drug-likeness (QED) is 0.909. The summed E-state index contributed by atoms with van der Waals surface area (Å²) in [6, 6.07) is 16.6. The van der Waals surface area contributed by atoms with E-state index in [9.17, 15) is 4.79 Å². The number of carbonyl (C=O) groups is 1. The molecule has 0 fully saturated rings. The van der Waals surface area contributed by atoms with Crippen molar-refractivity contribution in [2.24, 2.45) is 5.73 Å². The highest BCUT2D eigenvalue weighted by atomic mass is 35.5. The summed E-state index contributed by atoms with van der Waals surface area (Å²) in [4.78, 5) is 14.9. The van der Waals surface area contributed by atoms with E-state index in [4.69, 9.17) is 5.73 Å². The molecule has 0 radical (unpaired) electrons. The zero-order chi connectivity index (χ0) is 16.4. The molecule has 4 heteroatoms. The molecular weight excluding hydrogens is 320 g/mol. The predicted molar refractivity (Wildman–Crippen MR) is 101 cm³/mol. The highest BCUT2D eigenvalue weighted by molar-refractivity contribution is 5.86. The van der Waals surface area contributed by atoms with Gasteiger partial charge in [0.2, 0.25) is 5.91 Å². The first kappa shape index (κ1) is 18.5. The molecule has 128 valence electrons. The largest absolute Gasteiger partial charge is 0.332 e. The molecule has 0 aromatic heterocycles. The van der Waals surface area contributed by atoms with E-state index in [2.05, 4.69) is 43.3 Å². The first-order valence-corrected chi connectivity index (χ1v) is 8.27. The second kappa shape index (κ2) is 7.37. The normalized spacial score (nSPS) is 15.4. The van der Waals surface area contributed by atoms with Gasteiger partial charge in [-0.3, -0.25) is 4.79 Å². The summed E-state index contributed by atoms with van der Waals surface area (Å²) >= 11 is 0. The predicted octanol–water partition coefficient (Wildman–Crippen LogP) is 4.14. The number of hydrogen-bond donors (Lipinski definition) is 1. The zero-order valence-electron chi connectivity index (χ0n) is 14.3. The molecular formula is C20H25ClN2O. The van der Waals surface area contributed by atoms with E-state index in [-0.39, 0.29) is 18.3 Å². The molecule has 1 aliphatic heterocycles. The average molecular weight is 345 g/mol. The minimum absolute atomic E-state index is 0. The third kappa shape index (κ3) is 3.47. The maximum Gasteiger partial charge on any atom is 0.242 e. The van der Waals surface area contributed by atoms with Crippen molar-refractivity contribution >= 4 is 18.3 Å². The lowest BCUT2D eigenvalue weighted by Crippen LogP contribution is -2.52. The van der Waals surface area contributed by atoms with Gasteiger partial charge in [-0.15, -0.1) is 12.4 Å². The number of fused-ring (bicyclic) bond motifs is 3. The fourth-order valence-electron chi connectivity index (χ4n) is 3.44. The van der Waals surface area contributed by atoms with Crippen LogP contribution in [0.3, 0.4) is 0 Å². The third-order valence-electron chi connectivity index (χ3n) is 4.59. The van der Waals surface area contributed by atoms with Crippen molar-refractivity contribution in [3.05, 3.63) is 59.7 Å². The summed E-state index contributed by atoms with van der Waals surface area (Å²) in [5, 5.41) is 0. The first-order valence-electron chi connectivity index (χ1n) is 8.27. The molecule has 1 aliphatic rings. The second-order valence-electron chi connectivity index (χ2n) is 6.64. The Morgan fingerprint density at radius 3 is 1.96 bits per heavy atom. The Balaban J connectivity index is 0.00000208. The average Bonchev–Trinajstić information content (AvgIpc) is 2.71. The monoisotopic (exact) mass is 344 g/mol. The van der Waals surface area contributed by atoms with Crippen molar-refractivity contribution in [3.63, 3.8) is 0 Å². The SMILES string of the molecule is CCCC(C)(N)C(=O)N1Cc2ccccc2-c2ccccc2C1.Cl. The number of nitrogens with two attached hydrogens (primary N) is 1. The van der Waals surface area contributed by atoms with Gasteiger partial charge in [-0.25, -0.2) is 0 Å². The molecule has 0 aliphatic carbocycles. The highest BCUT2D eigenvalue weighted by Gasteiger charge is 2.33. The summed E-state index contributed by atoms with van der Waals surface area (Å²) < 4.78 is 0. The molecule has 2 aromatic rings. The summed E-state index contributed by atoms with van der Waals surface area (Å²) in [6.45, 7) is 5.13. The van der Waals surface area contributed by atoms with Gasteiger partial charge >= 0.3 is 0 Å². The fraction of sp³-hybridized carbons (Fsp3) is 0.350. The van der Waals surface area contributed by atoms with Gasteiger partial charge in [0.15, 0.2) is 0 Å². The maximum absolute atomic E-state index is 13.0. The number of halogens is 1. The molecule has 2 aromatic carbocycles. The number of benzene rings is 2. The molecule has 0 saturated carbocycles. The van der Waals surface area contributed by atoms with Crippen LogP contribution in [0.15, 0.2) is 48.5 Å². The van der Waals surface area contributed by atoms with E-state index in [1.807, 2.05) is 24.0 Å². The zero-order valence-corrected chi connectivity index (χ0v) is 15.1. The molecule has 1 atom stereocenters. The van der Waals surface area contributed by atoms with Crippen LogP contribution in [-0.2, 0) is 17.9 Å². The van der Waals surface area contributed by atoms with Crippen LogP contribution in [0.4, 0.5) is 0 Å². The third-order valence-corrected chi connectivity index (χ3v) is 4.59. The number of rotatable bonds is 3. The van der Waals surface area contributed by atoms with Crippen molar-refractivity contribution in [1.29, 1.82) is 0 Å². The van der Waals surface area contributed by atoms with Crippen LogP contribution in [0.2, 0.25) is 0 Å².